The van der Waals surface area contributed by atoms with Crippen molar-refractivity contribution >= 4 is 52.2 Å². The molecule has 0 radical (unpaired) electrons. The molecule has 3 aromatic carbocycles. The second-order valence-electron chi connectivity index (χ2n) is 7.54. The molecule has 2 heterocycles. The van der Waals surface area contributed by atoms with E-state index >= 15 is 0 Å². The third-order valence-corrected chi connectivity index (χ3v) is 6.57. The lowest BCUT2D eigenvalue weighted by molar-refractivity contribution is -0.129. The fourth-order valence-electron chi connectivity index (χ4n) is 3.56. The highest BCUT2D eigenvalue weighted by Crippen LogP contribution is 2.34. The summed E-state index contributed by atoms with van der Waals surface area (Å²) in [5.41, 5.74) is 2.40. The highest BCUT2D eigenvalue weighted by atomic mass is 35.5. The van der Waals surface area contributed by atoms with Crippen LogP contribution in [-0.4, -0.2) is 31.1 Å². The van der Waals surface area contributed by atoms with Crippen molar-refractivity contribution in [2.24, 2.45) is 4.99 Å². The summed E-state index contributed by atoms with van der Waals surface area (Å²) in [4.78, 5) is 23.0. The van der Waals surface area contributed by atoms with Crippen molar-refractivity contribution in [1.82, 2.24) is 4.98 Å². The average Bonchev–Trinajstić information content (AvgIpc) is 3.25. The van der Waals surface area contributed by atoms with Crippen molar-refractivity contribution in [2.75, 3.05) is 14.2 Å². The SMILES string of the molecule is COc1ccc(C2=NC(=Cc3cc4ccccc4nc3Sc3ccc(Cl)cc3)C(=O)O2)cc1OC. The molecule has 1 aliphatic heterocycles. The number of carbonyl (C=O) groups is 1. The van der Waals surface area contributed by atoms with E-state index in [4.69, 9.17) is 30.8 Å². The van der Waals surface area contributed by atoms with Crippen LogP contribution in [0.15, 0.2) is 93.4 Å². The number of carbonyl (C=O) groups excluding carboxylic acids is 1. The summed E-state index contributed by atoms with van der Waals surface area (Å²) in [5, 5.41) is 2.35. The lowest BCUT2D eigenvalue weighted by atomic mass is 10.1. The van der Waals surface area contributed by atoms with E-state index < -0.39 is 5.97 Å². The zero-order chi connectivity index (χ0) is 24.4. The van der Waals surface area contributed by atoms with E-state index in [1.807, 2.05) is 54.6 Å². The average molecular weight is 503 g/mol. The topological polar surface area (TPSA) is 70.0 Å². The number of nitrogens with zero attached hydrogens (tertiary/aromatic N) is 2. The molecule has 1 aromatic heterocycles. The predicted molar refractivity (Wildman–Crippen MR) is 137 cm³/mol. The van der Waals surface area contributed by atoms with Gasteiger partial charge in [-0.15, -0.1) is 0 Å². The van der Waals surface area contributed by atoms with Gasteiger partial charge in [0, 0.05) is 26.4 Å². The molecule has 5 rings (SSSR count). The van der Waals surface area contributed by atoms with Gasteiger partial charge >= 0.3 is 5.97 Å². The smallest absolute Gasteiger partial charge is 0.363 e. The number of hydrogen-bond acceptors (Lipinski definition) is 7. The minimum atomic E-state index is -0.537. The largest absolute Gasteiger partial charge is 0.493 e. The Balaban J connectivity index is 1.55. The number of fused-ring (bicyclic) bond motifs is 1. The van der Waals surface area contributed by atoms with Crippen LogP contribution in [0.25, 0.3) is 17.0 Å². The fourth-order valence-corrected chi connectivity index (χ4v) is 4.56. The van der Waals surface area contributed by atoms with Crippen molar-refractivity contribution in [3.63, 3.8) is 0 Å². The number of benzene rings is 3. The van der Waals surface area contributed by atoms with Crippen LogP contribution < -0.4 is 9.47 Å². The number of rotatable bonds is 6. The summed E-state index contributed by atoms with van der Waals surface area (Å²) < 4.78 is 16.1. The minimum absolute atomic E-state index is 0.185. The molecule has 0 N–H and O–H groups in total. The first-order chi connectivity index (χ1) is 17.0. The second-order valence-corrected chi connectivity index (χ2v) is 9.04. The number of aliphatic imine (C=N–C) groups is 1. The molecule has 0 saturated carbocycles. The Labute approximate surface area is 211 Å². The van der Waals surface area contributed by atoms with Gasteiger partial charge < -0.3 is 14.2 Å². The zero-order valence-corrected chi connectivity index (χ0v) is 20.4. The van der Waals surface area contributed by atoms with E-state index in [1.54, 1.807) is 38.5 Å². The molecule has 0 saturated heterocycles. The summed E-state index contributed by atoms with van der Waals surface area (Å²) >= 11 is 7.52. The van der Waals surface area contributed by atoms with E-state index in [1.165, 1.54) is 11.8 Å². The molecule has 0 fully saturated rings. The first kappa shape index (κ1) is 23.0. The Morgan fingerprint density at radius 3 is 2.49 bits per heavy atom. The van der Waals surface area contributed by atoms with Crippen LogP contribution in [-0.2, 0) is 9.53 Å². The molecule has 0 unspecified atom stereocenters. The molecule has 0 bridgehead atoms. The van der Waals surface area contributed by atoms with Gasteiger partial charge in [0.1, 0.15) is 5.03 Å². The Morgan fingerprint density at radius 1 is 0.943 bits per heavy atom. The molecule has 8 heteroatoms. The molecule has 1 aliphatic rings. The molecule has 174 valence electrons. The van der Waals surface area contributed by atoms with Gasteiger partial charge in [-0.05, 0) is 60.7 Å². The number of cyclic esters (lactones) is 1. The summed E-state index contributed by atoms with van der Waals surface area (Å²) in [7, 11) is 3.10. The van der Waals surface area contributed by atoms with Gasteiger partial charge in [-0.1, -0.05) is 41.6 Å². The van der Waals surface area contributed by atoms with E-state index in [-0.39, 0.29) is 11.6 Å². The van der Waals surface area contributed by atoms with Crippen LogP contribution in [0.4, 0.5) is 0 Å². The second kappa shape index (κ2) is 9.82. The van der Waals surface area contributed by atoms with Crippen molar-refractivity contribution in [3.05, 3.63) is 94.6 Å². The Hall–Kier alpha value is -3.81. The molecule has 0 amide bonds. The number of para-hydroxylation sites is 1. The Morgan fingerprint density at radius 2 is 1.71 bits per heavy atom. The molecular formula is C27H19ClN2O4S. The Kier molecular flexibility index (Phi) is 6.44. The van der Waals surface area contributed by atoms with Crippen LogP contribution in [0.5, 0.6) is 11.5 Å². The van der Waals surface area contributed by atoms with E-state index in [0.717, 1.165) is 26.4 Å². The lowest BCUT2D eigenvalue weighted by Gasteiger charge is -2.08. The van der Waals surface area contributed by atoms with Crippen LogP contribution in [0.1, 0.15) is 11.1 Å². The summed E-state index contributed by atoms with van der Waals surface area (Å²) in [6.07, 6.45) is 1.70. The maximum atomic E-state index is 12.7. The predicted octanol–water partition coefficient (Wildman–Crippen LogP) is 6.40. The van der Waals surface area contributed by atoms with Crippen LogP contribution in [0.3, 0.4) is 0 Å². The van der Waals surface area contributed by atoms with Gasteiger partial charge in [0.25, 0.3) is 0 Å². The van der Waals surface area contributed by atoms with Gasteiger partial charge in [-0.25, -0.2) is 14.8 Å². The lowest BCUT2D eigenvalue weighted by Crippen LogP contribution is -2.06. The maximum absolute atomic E-state index is 12.7. The monoisotopic (exact) mass is 502 g/mol. The van der Waals surface area contributed by atoms with Crippen LogP contribution in [0.2, 0.25) is 5.02 Å². The fraction of sp³-hybridized carbons (Fsp3) is 0.0741. The quantitative estimate of drug-likeness (QED) is 0.224. The van der Waals surface area contributed by atoms with Crippen molar-refractivity contribution < 1.29 is 19.0 Å². The van der Waals surface area contributed by atoms with Crippen molar-refractivity contribution in [2.45, 2.75) is 9.92 Å². The number of aromatic nitrogens is 1. The first-order valence-corrected chi connectivity index (χ1v) is 11.8. The molecule has 0 atom stereocenters. The number of halogens is 1. The van der Waals surface area contributed by atoms with Crippen LogP contribution >= 0.6 is 23.4 Å². The van der Waals surface area contributed by atoms with Gasteiger partial charge in [-0.2, -0.15) is 0 Å². The highest BCUT2D eigenvalue weighted by Gasteiger charge is 2.25. The van der Waals surface area contributed by atoms with Crippen molar-refractivity contribution in [3.8, 4) is 11.5 Å². The third kappa shape index (κ3) is 4.87. The first-order valence-electron chi connectivity index (χ1n) is 10.6. The number of hydrogen-bond donors (Lipinski definition) is 0. The van der Waals surface area contributed by atoms with Gasteiger partial charge in [0.05, 0.1) is 19.7 Å². The maximum Gasteiger partial charge on any atom is 0.363 e. The van der Waals surface area contributed by atoms with Gasteiger partial charge in [-0.3, -0.25) is 0 Å². The number of esters is 1. The molecule has 0 spiro atoms. The summed E-state index contributed by atoms with van der Waals surface area (Å²) in [6.45, 7) is 0. The molecule has 0 aliphatic carbocycles. The molecular weight excluding hydrogens is 484 g/mol. The van der Waals surface area contributed by atoms with Crippen molar-refractivity contribution in [1.29, 1.82) is 0 Å². The molecule has 6 nitrogen and oxygen atoms in total. The third-order valence-electron chi connectivity index (χ3n) is 5.29. The number of pyridine rings is 1. The highest BCUT2D eigenvalue weighted by molar-refractivity contribution is 7.99. The van der Waals surface area contributed by atoms with Crippen LogP contribution in [0, 0.1) is 0 Å². The normalized spacial score (nSPS) is 14.2. The molecule has 4 aromatic rings. The van der Waals surface area contributed by atoms with E-state index in [9.17, 15) is 4.79 Å². The Bertz CT molecular complexity index is 1500. The number of ether oxygens (including phenoxy) is 3. The van der Waals surface area contributed by atoms with Gasteiger partial charge in [0.15, 0.2) is 17.2 Å². The zero-order valence-electron chi connectivity index (χ0n) is 18.8. The summed E-state index contributed by atoms with van der Waals surface area (Å²) in [6, 6.07) is 22.5. The van der Waals surface area contributed by atoms with Gasteiger partial charge in [0.2, 0.25) is 5.90 Å². The van der Waals surface area contributed by atoms with E-state index in [2.05, 4.69) is 4.99 Å². The molecule has 35 heavy (non-hydrogen) atoms. The standard InChI is InChI=1S/C27H19ClN2O4S/c1-32-23-12-7-17(15-24(23)33-2)25-29-22(27(31)34-25)14-18-13-16-5-3-4-6-21(16)30-26(18)35-20-10-8-19(28)9-11-20/h3-15H,1-2H3. The minimum Gasteiger partial charge on any atom is -0.493 e. The van der Waals surface area contributed by atoms with E-state index in [0.29, 0.717) is 22.1 Å². The summed E-state index contributed by atoms with van der Waals surface area (Å²) in [5.74, 6) is 0.748. The number of methoxy groups -OCH3 is 2.